The Morgan fingerprint density at radius 2 is 1.60 bits per heavy atom. The number of hydrogen-bond acceptors (Lipinski definition) is 3. The first-order chi connectivity index (χ1) is 12.0. The van der Waals surface area contributed by atoms with E-state index in [0.29, 0.717) is 25.1 Å². The average Bonchev–Trinajstić information content (AvgIpc) is 2.55. The number of carboxylic acid groups (broad SMARTS) is 1. The Labute approximate surface area is 148 Å². The summed E-state index contributed by atoms with van der Waals surface area (Å²) in [5, 5.41) is 8.81. The zero-order valence-electron chi connectivity index (χ0n) is 13.9. The number of carboxylic acids is 1. The quantitative estimate of drug-likeness (QED) is 0.910. The molecule has 132 valence electrons. The Hall–Kier alpha value is -2.18. The maximum absolute atomic E-state index is 12.9. The van der Waals surface area contributed by atoms with Gasteiger partial charge in [-0.3, -0.25) is 4.79 Å². The molecule has 0 atom stereocenters. The van der Waals surface area contributed by atoms with Gasteiger partial charge in [-0.05, 0) is 48.1 Å². The SMILES string of the molecule is O=C(O)Cc1ccc(S(=O)(=O)N2CCCc3ccccc3CC2)cc1. The third-order valence-electron chi connectivity index (χ3n) is 4.52. The minimum atomic E-state index is -3.56. The smallest absolute Gasteiger partial charge is 0.307 e. The third kappa shape index (κ3) is 4.08. The molecule has 1 N–H and O–H groups in total. The summed E-state index contributed by atoms with van der Waals surface area (Å²) in [5.41, 5.74) is 3.10. The highest BCUT2D eigenvalue weighted by atomic mass is 32.2. The molecule has 1 heterocycles. The summed E-state index contributed by atoms with van der Waals surface area (Å²) in [6, 6.07) is 14.3. The van der Waals surface area contributed by atoms with Crippen LogP contribution in [0, 0.1) is 0 Å². The fourth-order valence-corrected chi connectivity index (χ4v) is 4.67. The van der Waals surface area contributed by atoms with Crippen LogP contribution in [-0.4, -0.2) is 36.9 Å². The molecule has 0 fully saturated rings. The van der Waals surface area contributed by atoms with Crippen molar-refractivity contribution in [2.24, 2.45) is 0 Å². The van der Waals surface area contributed by atoms with E-state index >= 15 is 0 Å². The number of benzene rings is 2. The molecule has 1 aliphatic rings. The van der Waals surface area contributed by atoms with Crippen molar-refractivity contribution < 1.29 is 18.3 Å². The number of nitrogens with zero attached hydrogens (tertiary/aromatic N) is 1. The molecule has 0 radical (unpaired) electrons. The summed E-state index contributed by atoms with van der Waals surface area (Å²) in [5.74, 6) is -0.932. The molecule has 25 heavy (non-hydrogen) atoms. The van der Waals surface area contributed by atoms with E-state index < -0.39 is 16.0 Å². The number of rotatable bonds is 4. The molecule has 0 saturated heterocycles. The van der Waals surface area contributed by atoms with Crippen LogP contribution in [0.3, 0.4) is 0 Å². The van der Waals surface area contributed by atoms with Crippen molar-refractivity contribution in [1.82, 2.24) is 4.31 Å². The minimum absolute atomic E-state index is 0.110. The first kappa shape index (κ1) is 17.6. The summed E-state index contributed by atoms with van der Waals surface area (Å²) >= 11 is 0. The first-order valence-corrected chi connectivity index (χ1v) is 9.78. The van der Waals surface area contributed by atoms with Crippen LogP contribution in [0.5, 0.6) is 0 Å². The van der Waals surface area contributed by atoms with E-state index in [2.05, 4.69) is 12.1 Å². The van der Waals surface area contributed by atoms with Gasteiger partial charge in [0.2, 0.25) is 10.0 Å². The first-order valence-electron chi connectivity index (χ1n) is 8.34. The molecule has 3 rings (SSSR count). The van der Waals surface area contributed by atoms with Crippen LogP contribution in [0.25, 0.3) is 0 Å². The molecule has 0 aliphatic carbocycles. The molecule has 0 saturated carbocycles. The van der Waals surface area contributed by atoms with E-state index in [1.807, 2.05) is 12.1 Å². The number of hydrogen-bond donors (Lipinski definition) is 1. The van der Waals surface area contributed by atoms with Crippen molar-refractivity contribution in [2.75, 3.05) is 13.1 Å². The van der Waals surface area contributed by atoms with Gasteiger partial charge in [-0.25, -0.2) is 8.42 Å². The van der Waals surface area contributed by atoms with Crippen LogP contribution in [0.1, 0.15) is 23.1 Å². The van der Waals surface area contributed by atoms with E-state index in [1.54, 1.807) is 12.1 Å². The van der Waals surface area contributed by atoms with Crippen molar-refractivity contribution in [2.45, 2.75) is 30.6 Å². The Morgan fingerprint density at radius 3 is 2.24 bits per heavy atom. The number of sulfonamides is 1. The highest BCUT2D eigenvalue weighted by molar-refractivity contribution is 7.89. The van der Waals surface area contributed by atoms with Crippen LogP contribution in [0.15, 0.2) is 53.4 Å². The maximum Gasteiger partial charge on any atom is 0.307 e. The lowest BCUT2D eigenvalue weighted by molar-refractivity contribution is -0.136. The van der Waals surface area contributed by atoms with Crippen molar-refractivity contribution >= 4 is 16.0 Å². The predicted molar refractivity (Wildman–Crippen MR) is 95.0 cm³/mol. The summed E-state index contributed by atoms with van der Waals surface area (Å²) in [6.45, 7) is 0.948. The van der Waals surface area contributed by atoms with Gasteiger partial charge in [-0.15, -0.1) is 0 Å². The van der Waals surface area contributed by atoms with Gasteiger partial charge in [0, 0.05) is 13.1 Å². The van der Waals surface area contributed by atoms with Crippen LogP contribution in [-0.2, 0) is 34.1 Å². The molecular formula is C19H21NO4S. The molecule has 5 nitrogen and oxygen atoms in total. The lowest BCUT2D eigenvalue weighted by atomic mass is 9.99. The van der Waals surface area contributed by atoms with Crippen molar-refractivity contribution in [3.05, 3.63) is 65.2 Å². The zero-order valence-corrected chi connectivity index (χ0v) is 14.7. The summed E-state index contributed by atoms with van der Waals surface area (Å²) in [7, 11) is -3.56. The molecule has 0 spiro atoms. The lowest BCUT2D eigenvalue weighted by Gasteiger charge is -2.25. The van der Waals surface area contributed by atoms with E-state index in [4.69, 9.17) is 5.11 Å². The molecule has 0 aromatic heterocycles. The maximum atomic E-state index is 12.9. The Kier molecular flexibility index (Phi) is 5.20. The highest BCUT2D eigenvalue weighted by Gasteiger charge is 2.25. The summed E-state index contributed by atoms with van der Waals surface area (Å²) in [6.07, 6.45) is 2.25. The number of carbonyl (C=O) groups is 1. The molecule has 1 aliphatic heterocycles. The zero-order chi connectivity index (χ0) is 17.9. The molecular weight excluding hydrogens is 338 g/mol. The largest absolute Gasteiger partial charge is 0.481 e. The van der Waals surface area contributed by atoms with Gasteiger partial charge in [0.1, 0.15) is 0 Å². The van der Waals surface area contributed by atoms with Crippen molar-refractivity contribution in [1.29, 1.82) is 0 Å². The number of fused-ring (bicyclic) bond motifs is 1. The second kappa shape index (κ2) is 7.37. The van der Waals surface area contributed by atoms with E-state index in [9.17, 15) is 13.2 Å². The van der Waals surface area contributed by atoms with Crippen molar-refractivity contribution in [3.8, 4) is 0 Å². The number of aryl methyl sites for hydroxylation is 1. The Morgan fingerprint density at radius 1 is 0.960 bits per heavy atom. The van der Waals surface area contributed by atoms with Gasteiger partial charge in [-0.2, -0.15) is 4.31 Å². The normalized spacial score (nSPS) is 15.8. The van der Waals surface area contributed by atoms with E-state index in [-0.39, 0.29) is 11.3 Å². The molecule has 2 aromatic rings. The fourth-order valence-electron chi connectivity index (χ4n) is 3.19. The Bertz CT molecular complexity index is 859. The standard InChI is InChI=1S/C19H21NO4S/c21-19(22)14-15-7-9-18(10-8-15)25(23,24)20-12-3-6-16-4-1-2-5-17(16)11-13-20/h1-2,4-5,7-10H,3,6,11-14H2,(H,21,22). The third-order valence-corrected chi connectivity index (χ3v) is 6.43. The molecule has 0 bridgehead atoms. The van der Waals surface area contributed by atoms with Gasteiger partial charge in [-0.1, -0.05) is 36.4 Å². The predicted octanol–water partition coefficient (Wildman–Crippen LogP) is 2.49. The topological polar surface area (TPSA) is 74.7 Å². The Balaban J connectivity index is 1.79. The summed E-state index contributed by atoms with van der Waals surface area (Å²) < 4.78 is 27.4. The van der Waals surface area contributed by atoms with Gasteiger partial charge < -0.3 is 5.11 Å². The molecule has 6 heteroatoms. The van der Waals surface area contributed by atoms with Crippen LogP contribution in [0.4, 0.5) is 0 Å². The number of aliphatic carboxylic acids is 1. The minimum Gasteiger partial charge on any atom is -0.481 e. The monoisotopic (exact) mass is 359 g/mol. The van der Waals surface area contributed by atoms with Gasteiger partial charge in [0.25, 0.3) is 0 Å². The molecule has 0 amide bonds. The fraction of sp³-hybridized carbons (Fsp3) is 0.316. The van der Waals surface area contributed by atoms with Crippen molar-refractivity contribution in [3.63, 3.8) is 0 Å². The van der Waals surface area contributed by atoms with Crippen LogP contribution >= 0.6 is 0 Å². The lowest BCUT2D eigenvalue weighted by Crippen LogP contribution is -2.35. The summed E-state index contributed by atoms with van der Waals surface area (Å²) in [4.78, 5) is 11.0. The van der Waals surface area contributed by atoms with Gasteiger partial charge in [0.05, 0.1) is 11.3 Å². The molecule has 2 aromatic carbocycles. The second-order valence-corrected chi connectivity index (χ2v) is 8.18. The van der Waals surface area contributed by atoms with Gasteiger partial charge >= 0.3 is 5.97 Å². The van der Waals surface area contributed by atoms with Gasteiger partial charge in [0.15, 0.2) is 0 Å². The highest BCUT2D eigenvalue weighted by Crippen LogP contribution is 2.22. The average molecular weight is 359 g/mol. The van der Waals surface area contributed by atoms with Crippen LogP contribution < -0.4 is 0 Å². The molecule has 0 unspecified atom stereocenters. The van der Waals surface area contributed by atoms with E-state index in [1.165, 1.54) is 27.6 Å². The van der Waals surface area contributed by atoms with Crippen LogP contribution in [0.2, 0.25) is 0 Å². The van der Waals surface area contributed by atoms with E-state index in [0.717, 1.165) is 12.8 Å². The second-order valence-electron chi connectivity index (χ2n) is 6.24.